The van der Waals surface area contributed by atoms with Crippen LogP contribution in [0.4, 0.5) is 10.5 Å². The fourth-order valence-corrected chi connectivity index (χ4v) is 2.61. The van der Waals surface area contributed by atoms with Crippen molar-refractivity contribution in [3.05, 3.63) is 22.2 Å². The summed E-state index contributed by atoms with van der Waals surface area (Å²) in [5.74, 6) is 0.741. The van der Waals surface area contributed by atoms with Gasteiger partial charge in [0.15, 0.2) is 0 Å². The number of nitrogen functional groups attached to an aromatic ring is 1. The Bertz CT molecular complexity index is 526. The van der Waals surface area contributed by atoms with Gasteiger partial charge in [0.05, 0.1) is 17.6 Å². The van der Waals surface area contributed by atoms with Gasteiger partial charge in [-0.05, 0) is 48.8 Å². The van der Waals surface area contributed by atoms with Crippen LogP contribution in [0.25, 0.3) is 0 Å². The van der Waals surface area contributed by atoms with Crippen LogP contribution < -0.4 is 10.5 Å². The van der Waals surface area contributed by atoms with E-state index in [0.717, 1.165) is 15.8 Å². The zero-order valence-electron chi connectivity index (χ0n) is 11.9. The molecule has 0 spiro atoms. The Morgan fingerprint density at radius 1 is 1.45 bits per heavy atom. The molecule has 5 nitrogen and oxygen atoms in total. The minimum Gasteiger partial charge on any atom is -0.490 e. The maximum Gasteiger partial charge on any atom is 0.410 e. The first kappa shape index (κ1) is 15.0. The molecular weight excluding hydrogens is 324 g/mol. The van der Waals surface area contributed by atoms with Gasteiger partial charge in [-0.15, -0.1) is 0 Å². The maximum absolute atomic E-state index is 12.2. The van der Waals surface area contributed by atoms with E-state index in [4.69, 9.17) is 15.2 Å². The fourth-order valence-electron chi connectivity index (χ4n) is 1.98. The molecule has 0 fully saturated rings. The number of carbonyl (C=O) groups is 1. The zero-order chi connectivity index (χ0) is 14.9. The minimum absolute atomic E-state index is 0.340. The van der Waals surface area contributed by atoms with Crippen LogP contribution in [-0.2, 0) is 11.3 Å². The average Bonchev–Trinajstić information content (AvgIpc) is 2.48. The molecule has 1 aromatic carbocycles. The first-order valence-electron chi connectivity index (χ1n) is 6.45. The second-order valence-electron chi connectivity index (χ2n) is 5.74. The Kier molecular flexibility index (Phi) is 4.13. The first-order chi connectivity index (χ1) is 9.26. The number of rotatable bonds is 0. The van der Waals surface area contributed by atoms with Gasteiger partial charge in [0.25, 0.3) is 0 Å². The molecule has 6 heteroatoms. The highest BCUT2D eigenvalue weighted by molar-refractivity contribution is 9.10. The summed E-state index contributed by atoms with van der Waals surface area (Å²) in [6, 6.07) is 3.62. The number of benzene rings is 1. The summed E-state index contributed by atoms with van der Waals surface area (Å²) in [6.07, 6.45) is -0.340. The van der Waals surface area contributed by atoms with Gasteiger partial charge in [-0.3, -0.25) is 0 Å². The summed E-state index contributed by atoms with van der Waals surface area (Å²) >= 11 is 3.43. The molecule has 0 unspecified atom stereocenters. The van der Waals surface area contributed by atoms with E-state index in [1.54, 1.807) is 11.0 Å². The summed E-state index contributed by atoms with van der Waals surface area (Å²) < 4.78 is 11.9. The quantitative estimate of drug-likeness (QED) is 0.735. The number of nitrogens with zero attached hydrogens (tertiary/aromatic N) is 1. The molecule has 0 atom stereocenters. The summed E-state index contributed by atoms with van der Waals surface area (Å²) in [5.41, 5.74) is 6.83. The van der Waals surface area contributed by atoms with Crippen molar-refractivity contribution in [3.8, 4) is 5.75 Å². The van der Waals surface area contributed by atoms with Crippen molar-refractivity contribution in [2.75, 3.05) is 18.9 Å². The first-order valence-corrected chi connectivity index (χ1v) is 7.24. The van der Waals surface area contributed by atoms with Crippen molar-refractivity contribution < 1.29 is 14.3 Å². The van der Waals surface area contributed by atoms with Crippen molar-refractivity contribution in [2.45, 2.75) is 32.9 Å². The van der Waals surface area contributed by atoms with Gasteiger partial charge in [-0.2, -0.15) is 0 Å². The fraction of sp³-hybridized carbons (Fsp3) is 0.500. The van der Waals surface area contributed by atoms with Crippen molar-refractivity contribution in [3.63, 3.8) is 0 Å². The lowest BCUT2D eigenvalue weighted by Crippen LogP contribution is -2.37. The van der Waals surface area contributed by atoms with Crippen LogP contribution >= 0.6 is 15.9 Å². The van der Waals surface area contributed by atoms with E-state index in [2.05, 4.69) is 15.9 Å². The Balaban J connectivity index is 2.22. The summed E-state index contributed by atoms with van der Waals surface area (Å²) in [5, 5.41) is 0. The molecule has 2 N–H and O–H groups in total. The largest absolute Gasteiger partial charge is 0.490 e. The van der Waals surface area contributed by atoms with Crippen molar-refractivity contribution in [1.29, 1.82) is 0 Å². The molecule has 20 heavy (non-hydrogen) atoms. The van der Waals surface area contributed by atoms with Crippen LogP contribution in [0.3, 0.4) is 0 Å². The molecule has 0 radical (unpaired) electrons. The molecule has 0 saturated heterocycles. The molecule has 0 aliphatic carbocycles. The zero-order valence-corrected chi connectivity index (χ0v) is 13.5. The number of fused-ring (bicyclic) bond motifs is 1. The monoisotopic (exact) mass is 342 g/mol. The predicted molar refractivity (Wildman–Crippen MR) is 80.7 cm³/mol. The molecule has 1 amide bonds. The highest BCUT2D eigenvalue weighted by Gasteiger charge is 2.26. The van der Waals surface area contributed by atoms with Crippen molar-refractivity contribution in [1.82, 2.24) is 4.90 Å². The van der Waals surface area contributed by atoms with Crippen molar-refractivity contribution in [2.24, 2.45) is 0 Å². The second-order valence-corrected chi connectivity index (χ2v) is 6.60. The van der Waals surface area contributed by atoms with Crippen molar-refractivity contribution >= 4 is 27.7 Å². The molecule has 1 aliphatic rings. The van der Waals surface area contributed by atoms with E-state index in [9.17, 15) is 4.79 Å². The normalized spacial score (nSPS) is 15.1. The highest BCUT2D eigenvalue weighted by atomic mass is 79.9. The Morgan fingerprint density at radius 3 is 2.80 bits per heavy atom. The third-order valence-electron chi connectivity index (χ3n) is 2.76. The van der Waals surface area contributed by atoms with Crippen LogP contribution in [0.5, 0.6) is 5.75 Å². The third kappa shape index (κ3) is 3.56. The standard InChI is InChI=1S/C14H19BrN2O3/c1-14(2,3)20-13(18)17-4-5-19-12-9(8-17)6-10(16)7-11(12)15/h6-7H,4-5,8,16H2,1-3H3. The number of halogens is 1. The average molecular weight is 343 g/mol. The van der Waals surface area contributed by atoms with Gasteiger partial charge >= 0.3 is 6.09 Å². The van der Waals surface area contributed by atoms with E-state index >= 15 is 0 Å². The van der Waals surface area contributed by atoms with Crippen LogP contribution in [-0.4, -0.2) is 29.7 Å². The number of amides is 1. The van der Waals surface area contributed by atoms with Gasteiger partial charge in [0.2, 0.25) is 0 Å². The lowest BCUT2D eigenvalue weighted by atomic mass is 10.1. The number of carbonyl (C=O) groups excluding carboxylic acids is 1. The number of hydrogen-bond acceptors (Lipinski definition) is 4. The summed E-state index contributed by atoms with van der Waals surface area (Å²) in [7, 11) is 0. The van der Waals surface area contributed by atoms with Crippen LogP contribution in [0, 0.1) is 0 Å². The molecule has 0 bridgehead atoms. The highest BCUT2D eigenvalue weighted by Crippen LogP contribution is 2.34. The van der Waals surface area contributed by atoms with Gasteiger partial charge in [0, 0.05) is 11.3 Å². The lowest BCUT2D eigenvalue weighted by molar-refractivity contribution is 0.0225. The molecular formula is C14H19BrN2O3. The van der Waals surface area contributed by atoms with E-state index < -0.39 is 5.60 Å². The van der Waals surface area contributed by atoms with Gasteiger partial charge in [0.1, 0.15) is 18.0 Å². The van der Waals surface area contributed by atoms with Crippen LogP contribution in [0.15, 0.2) is 16.6 Å². The molecule has 1 heterocycles. The lowest BCUT2D eigenvalue weighted by Gasteiger charge is -2.26. The molecule has 0 saturated carbocycles. The number of hydrogen-bond donors (Lipinski definition) is 1. The topological polar surface area (TPSA) is 64.8 Å². The molecule has 0 aromatic heterocycles. The Labute approximate surface area is 127 Å². The van der Waals surface area contributed by atoms with Gasteiger partial charge < -0.3 is 20.1 Å². The van der Waals surface area contributed by atoms with Crippen LogP contribution in [0.2, 0.25) is 0 Å². The van der Waals surface area contributed by atoms with E-state index in [0.29, 0.717) is 25.4 Å². The summed E-state index contributed by atoms with van der Waals surface area (Å²) in [4.78, 5) is 13.8. The smallest absolute Gasteiger partial charge is 0.410 e. The maximum atomic E-state index is 12.2. The van der Waals surface area contributed by atoms with E-state index in [-0.39, 0.29) is 6.09 Å². The van der Waals surface area contributed by atoms with E-state index in [1.165, 1.54) is 0 Å². The third-order valence-corrected chi connectivity index (χ3v) is 3.35. The van der Waals surface area contributed by atoms with Gasteiger partial charge in [-0.1, -0.05) is 0 Å². The molecule has 110 valence electrons. The second kappa shape index (κ2) is 5.52. The molecule has 1 aliphatic heterocycles. The SMILES string of the molecule is CC(C)(C)OC(=O)N1CCOc2c(Br)cc(N)cc2C1. The minimum atomic E-state index is -0.511. The molecule has 2 rings (SSSR count). The number of ether oxygens (including phenoxy) is 2. The summed E-state index contributed by atoms with van der Waals surface area (Å²) in [6.45, 7) is 6.88. The predicted octanol–water partition coefficient (Wildman–Crippen LogP) is 3.16. The Morgan fingerprint density at radius 2 is 2.15 bits per heavy atom. The number of anilines is 1. The Hall–Kier alpha value is -1.43. The number of nitrogens with two attached hydrogens (primary N) is 1. The van der Waals surface area contributed by atoms with Crippen LogP contribution in [0.1, 0.15) is 26.3 Å². The van der Waals surface area contributed by atoms with E-state index in [1.807, 2.05) is 26.8 Å². The molecule has 1 aromatic rings. The van der Waals surface area contributed by atoms with Gasteiger partial charge in [-0.25, -0.2) is 4.79 Å².